The Morgan fingerprint density at radius 1 is 0.958 bits per heavy atom. The van der Waals surface area contributed by atoms with Crippen molar-refractivity contribution >= 4 is 11.9 Å². The predicted molar refractivity (Wildman–Crippen MR) is 89.3 cm³/mol. The summed E-state index contributed by atoms with van der Waals surface area (Å²) in [6.07, 6.45) is 0.166. The monoisotopic (exact) mass is 344 g/mol. The fourth-order valence-corrected chi connectivity index (χ4v) is 2.80. The summed E-state index contributed by atoms with van der Waals surface area (Å²) in [7, 11) is 1.54. The fourth-order valence-electron chi connectivity index (χ4n) is 2.80. The van der Waals surface area contributed by atoms with Crippen molar-refractivity contribution in [2.24, 2.45) is 5.41 Å². The summed E-state index contributed by atoms with van der Waals surface area (Å²) in [5, 5.41) is 0. The predicted octanol–water partition coefficient (Wildman–Crippen LogP) is 3.22. The lowest BCUT2D eigenvalue weighted by Crippen LogP contribution is -2.63. The topological polar surface area (TPSA) is 71.1 Å². The third-order valence-electron chi connectivity index (χ3n) is 3.97. The Morgan fingerprint density at radius 2 is 1.38 bits per heavy atom. The minimum atomic E-state index is -1.54. The zero-order valence-corrected chi connectivity index (χ0v) is 16.4. The molecule has 0 aromatic carbocycles. The van der Waals surface area contributed by atoms with Crippen LogP contribution in [0.4, 0.5) is 0 Å². The lowest BCUT2D eigenvalue weighted by atomic mass is 9.68. The van der Waals surface area contributed by atoms with E-state index in [-0.39, 0.29) is 6.42 Å². The molecule has 0 aromatic rings. The average Bonchev–Trinajstić information content (AvgIpc) is 2.32. The van der Waals surface area contributed by atoms with Crippen molar-refractivity contribution < 1.29 is 28.5 Å². The maximum Gasteiger partial charge on any atom is 0.327 e. The molecule has 1 atom stereocenters. The van der Waals surface area contributed by atoms with E-state index in [0.29, 0.717) is 6.42 Å². The number of methoxy groups -OCH3 is 1. The highest BCUT2D eigenvalue weighted by Crippen LogP contribution is 2.47. The molecule has 24 heavy (non-hydrogen) atoms. The number of hydrogen-bond donors (Lipinski definition) is 0. The second-order valence-electron chi connectivity index (χ2n) is 8.74. The van der Waals surface area contributed by atoms with Crippen LogP contribution < -0.4 is 0 Å². The molecule has 1 saturated heterocycles. The van der Waals surface area contributed by atoms with Gasteiger partial charge in [-0.25, -0.2) is 0 Å². The molecular formula is C18H32O6. The van der Waals surface area contributed by atoms with Crippen LogP contribution in [0.1, 0.15) is 68.2 Å². The van der Waals surface area contributed by atoms with Gasteiger partial charge in [0.15, 0.2) is 11.7 Å². The Labute approximate surface area is 145 Å². The third-order valence-corrected chi connectivity index (χ3v) is 3.97. The lowest BCUT2D eigenvalue weighted by Gasteiger charge is -2.48. The van der Waals surface area contributed by atoms with E-state index < -0.39 is 40.4 Å². The second kappa shape index (κ2) is 6.64. The van der Waals surface area contributed by atoms with Gasteiger partial charge in [-0.2, -0.15) is 0 Å². The summed E-state index contributed by atoms with van der Waals surface area (Å²) in [4.78, 5) is 26.1. The van der Waals surface area contributed by atoms with E-state index in [9.17, 15) is 9.59 Å². The maximum atomic E-state index is 13.0. The van der Waals surface area contributed by atoms with E-state index in [1.54, 1.807) is 55.4 Å². The smallest absolute Gasteiger partial charge is 0.327 e. The Balaban J connectivity index is 3.31. The van der Waals surface area contributed by atoms with Crippen LogP contribution in [0.15, 0.2) is 0 Å². The van der Waals surface area contributed by atoms with Gasteiger partial charge in [0.1, 0.15) is 11.2 Å². The molecule has 140 valence electrons. The molecule has 1 fully saturated rings. The molecule has 1 rings (SSSR count). The standard InChI is InChI=1S/C18H32O6/c1-15(2,3)23-13(19)18(14(20)24-16(4,5)6)11-10-12(21-9)22-17(18,7)8/h12H,10-11H2,1-9H3/t12-/m1/s1. The van der Waals surface area contributed by atoms with E-state index in [2.05, 4.69) is 0 Å². The van der Waals surface area contributed by atoms with Crippen molar-refractivity contribution in [1.29, 1.82) is 0 Å². The quantitative estimate of drug-likeness (QED) is 0.578. The summed E-state index contributed by atoms with van der Waals surface area (Å²) in [5.41, 5.74) is -4.11. The van der Waals surface area contributed by atoms with E-state index in [1.807, 2.05) is 0 Å². The molecule has 0 aliphatic carbocycles. The van der Waals surface area contributed by atoms with Gasteiger partial charge in [-0.1, -0.05) is 0 Å². The number of esters is 2. The summed E-state index contributed by atoms with van der Waals surface area (Å²) < 4.78 is 22.3. The lowest BCUT2D eigenvalue weighted by molar-refractivity contribution is -0.269. The normalized spacial score (nSPS) is 23.5. The van der Waals surface area contributed by atoms with Crippen LogP contribution in [-0.4, -0.2) is 42.1 Å². The van der Waals surface area contributed by atoms with Crippen LogP contribution in [0.25, 0.3) is 0 Å². The SMILES string of the molecule is CO[C@H]1CCC(C(=O)OC(C)(C)C)(C(=O)OC(C)(C)C)C(C)(C)O1. The Kier molecular flexibility index (Phi) is 5.78. The van der Waals surface area contributed by atoms with Crippen LogP contribution in [0.5, 0.6) is 0 Å². The molecule has 0 amide bonds. The molecule has 0 radical (unpaired) electrons. The molecule has 1 aliphatic rings. The van der Waals surface area contributed by atoms with Crippen molar-refractivity contribution in [3.05, 3.63) is 0 Å². The molecule has 0 saturated carbocycles. The molecule has 1 heterocycles. The van der Waals surface area contributed by atoms with E-state index in [4.69, 9.17) is 18.9 Å². The molecule has 0 bridgehead atoms. The molecule has 0 unspecified atom stereocenters. The van der Waals surface area contributed by atoms with E-state index in [0.717, 1.165) is 0 Å². The maximum absolute atomic E-state index is 13.0. The first kappa shape index (κ1) is 20.9. The van der Waals surface area contributed by atoms with E-state index >= 15 is 0 Å². The summed E-state index contributed by atoms with van der Waals surface area (Å²) in [6, 6.07) is 0. The highest BCUT2D eigenvalue weighted by molar-refractivity contribution is 6.02. The van der Waals surface area contributed by atoms with Gasteiger partial charge in [0, 0.05) is 13.5 Å². The highest BCUT2D eigenvalue weighted by Gasteiger charge is 2.64. The Bertz CT molecular complexity index is 453. The molecule has 0 N–H and O–H groups in total. The number of ether oxygens (including phenoxy) is 4. The van der Waals surface area contributed by atoms with Crippen molar-refractivity contribution in [2.45, 2.75) is 91.3 Å². The molecule has 6 nitrogen and oxygen atoms in total. The first-order valence-electron chi connectivity index (χ1n) is 8.32. The second-order valence-corrected chi connectivity index (χ2v) is 8.74. The molecule has 0 spiro atoms. The van der Waals surface area contributed by atoms with Gasteiger partial charge in [0.25, 0.3) is 0 Å². The van der Waals surface area contributed by atoms with Crippen LogP contribution >= 0.6 is 0 Å². The highest BCUT2D eigenvalue weighted by atomic mass is 16.7. The zero-order valence-electron chi connectivity index (χ0n) is 16.4. The molecule has 0 aromatic heterocycles. The first-order valence-corrected chi connectivity index (χ1v) is 8.32. The average molecular weight is 344 g/mol. The number of rotatable bonds is 3. The largest absolute Gasteiger partial charge is 0.459 e. The van der Waals surface area contributed by atoms with Gasteiger partial charge in [-0.05, 0) is 61.8 Å². The van der Waals surface area contributed by atoms with Gasteiger partial charge in [-0.15, -0.1) is 0 Å². The van der Waals surface area contributed by atoms with Gasteiger partial charge >= 0.3 is 11.9 Å². The van der Waals surface area contributed by atoms with Crippen LogP contribution in [0.2, 0.25) is 0 Å². The summed E-state index contributed by atoms with van der Waals surface area (Å²) in [5.74, 6) is -1.24. The molecule has 6 heteroatoms. The van der Waals surface area contributed by atoms with Crippen molar-refractivity contribution in [1.82, 2.24) is 0 Å². The van der Waals surface area contributed by atoms with Crippen molar-refractivity contribution in [3.63, 3.8) is 0 Å². The van der Waals surface area contributed by atoms with Gasteiger partial charge in [-0.3, -0.25) is 9.59 Å². The number of carbonyl (C=O) groups excluding carboxylic acids is 2. The fraction of sp³-hybridized carbons (Fsp3) is 0.889. The van der Waals surface area contributed by atoms with Crippen LogP contribution in [-0.2, 0) is 28.5 Å². The van der Waals surface area contributed by atoms with Crippen molar-refractivity contribution in [3.8, 4) is 0 Å². The Morgan fingerprint density at radius 3 is 1.67 bits per heavy atom. The molecule has 1 aliphatic heterocycles. The van der Waals surface area contributed by atoms with Gasteiger partial charge in [0.2, 0.25) is 0 Å². The summed E-state index contributed by atoms with van der Waals surface area (Å²) in [6.45, 7) is 14.0. The van der Waals surface area contributed by atoms with E-state index in [1.165, 1.54) is 7.11 Å². The van der Waals surface area contributed by atoms with Crippen LogP contribution in [0, 0.1) is 5.41 Å². The number of hydrogen-bond acceptors (Lipinski definition) is 6. The third kappa shape index (κ3) is 4.48. The first-order chi connectivity index (χ1) is 10.6. The van der Waals surface area contributed by atoms with Gasteiger partial charge < -0.3 is 18.9 Å². The zero-order chi connectivity index (χ0) is 19.0. The number of carbonyl (C=O) groups is 2. The minimum absolute atomic E-state index is 0.238. The summed E-state index contributed by atoms with van der Waals surface area (Å²) >= 11 is 0. The Hall–Kier alpha value is -1.14. The molecular weight excluding hydrogens is 312 g/mol. The van der Waals surface area contributed by atoms with Gasteiger partial charge in [0.05, 0.1) is 5.60 Å². The van der Waals surface area contributed by atoms with Crippen molar-refractivity contribution in [2.75, 3.05) is 7.11 Å². The van der Waals surface area contributed by atoms with Crippen LogP contribution in [0.3, 0.4) is 0 Å². The minimum Gasteiger partial charge on any atom is -0.459 e.